The Bertz CT molecular complexity index is 999. The standard InChI is InChI=1S/C22H21F3N2O4/c1-13-4-5-15(12-26-13)19(28)17-18(14-6-8-16(9-7-14)22(23,24)25)27(10-3-11-31-2)21(30)20(17)29/h4-9,12,18,28H,3,10-11H2,1-2H3. The van der Waals surface area contributed by atoms with Crippen LogP contribution in [0, 0.1) is 6.92 Å². The van der Waals surface area contributed by atoms with E-state index in [1.54, 1.807) is 19.1 Å². The topological polar surface area (TPSA) is 79.7 Å². The summed E-state index contributed by atoms with van der Waals surface area (Å²) >= 11 is 0. The van der Waals surface area contributed by atoms with Crippen molar-refractivity contribution in [1.82, 2.24) is 9.88 Å². The minimum atomic E-state index is -4.52. The van der Waals surface area contributed by atoms with Gasteiger partial charge in [0.1, 0.15) is 5.76 Å². The van der Waals surface area contributed by atoms with Crippen LogP contribution in [-0.2, 0) is 20.5 Å². The zero-order valence-electron chi connectivity index (χ0n) is 16.9. The van der Waals surface area contributed by atoms with Crippen molar-refractivity contribution >= 4 is 17.4 Å². The van der Waals surface area contributed by atoms with Crippen molar-refractivity contribution in [3.8, 4) is 0 Å². The van der Waals surface area contributed by atoms with Crippen molar-refractivity contribution in [1.29, 1.82) is 0 Å². The van der Waals surface area contributed by atoms with E-state index in [2.05, 4.69) is 4.98 Å². The van der Waals surface area contributed by atoms with Crippen LogP contribution < -0.4 is 0 Å². The number of hydrogen-bond acceptors (Lipinski definition) is 5. The van der Waals surface area contributed by atoms with Gasteiger partial charge in [0.2, 0.25) is 0 Å². The van der Waals surface area contributed by atoms with Crippen molar-refractivity contribution in [2.45, 2.75) is 25.6 Å². The molecule has 1 amide bonds. The van der Waals surface area contributed by atoms with Crippen LogP contribution in [0.3, 0.4) is 0 Å². The van der Waals surface area contributed by atoms with Gasteiger partial charge in [0, 0.05) is 37.7 Å². The normalized spacial score (nSPS) is 18.6. The molecule has 0 spiro atoms. The Morgan fingerprint density at radius 2 is 1.84 bits per heavy atom. The highest BCUT2D eigenvalue weighted by atomic mass is 19.4. The Hall–Kier alpha value is -3.20. The van der Waals surface area contributed by atoms with Crippen LogP contribution in [-0.4, -0.2) is 46.9 Å². The molecule has 1 aromatic carbocycles. The summed E-state index contributed by atoms with van der Waals surface area (Å²) in [6.07, 6.45) is -2.74. The van der Waals surface area contributed by atoms with Crippen LogP contribution in [0.1, 0.15) is 34.8 Å². The van der Waals surface area contributed by atoms with Crippen LogP contribution >= 0.6 is 0 Å². The van der Waals surface area contributed by atoms with E-state index in [0.29, 0.717) is 18.7 Å². The van der Waals surface area contributed by atoms with Gasteiger partial charge in [-0.15, -0.1) is 0 Å². The fourth-order valence-corrected chi connectivity index (χ4v) is 3.45. The molecule has 6 nitrogen and oxygen atoms in total. The molecule has 9 heteroatoms. The molecule has 1 saturated heterocycles. The quantitative estimate of drug-likeness (QED) is 0.323. The highest BCUT2D eigenvalue weighted by Gasteiger charge is 2.46. The third-order valence-corrected chi connectivity index (χ3v) is 5.03. The maximum Gasteiger partial charge on any atom is 0.416 e. The van der Waals surface area contributed by atoms with Crippen LogP contribution in [0.25, 0.3) is 5.76 Å². The van der Waals surface area contributed by atoms with E-state index >= 15 is 0 Å². The molecule has 1 fully saturated rings. The van der Waals surface area contributed by atoms with E-state index in [-0.39, 0.29) is 23.2 Å². The monoisotopic (exact) mass is 434 g/mol. The number of nitrogens with zero attached hydrogens (tertiary/aromatic N) is 2. The van der Waals surface area contributed by atoms with Gasteiger partial charge in [-0.3, -0.25) is 14.6 Å². The van der Waals surface area contributed by atoms with Crippen LogP contribution in [0.2, 0.25) is 0 Å². The van der Waals surface area contributed by atoms with E-state index in [0.717, 1.165) is 12.1 Å². The Morgan fingerprint density at radius 1 is 1.16 bits per heavy atom. The first kappa shape index (κ1) is 22.5. The summed E-state index contributed by atoms with van der Waals surface area (Å²) in [5, 5.41) is 10.8. The highest BCUT2D eigenvalue weighted by Crippen LogP contribution is 2.40. The van der Waals surface area contributed by atoms with Gasteiger partial charge >= 0.3 is 6.18 Å². The summed E-state index contributed by atoms with van der Waals surface area (Å²) in [5.74, 6) is -2.16. The van der Waals surface area contributed by atoms with Crippen LogP contribution in [0.5, 0.6) is 0 Å². The van der Waals surface area contributed by atoms with E-state index in [1.165, 1.54) is 30.3 Å². The smallest absolute Gasteiger partial charge is 0.416 e. The summed E-state index contributed by atoms with van der Waals surface area (Å²) in [7, 11) is 1.49. The number of likely N-dealkylation sites (tertiary alicyclic amines) is 1. The van der Waals surface area contributed by atoms with Crippen LogP contribution in [0.15, 0.2) is 48.2 Å². The number of benzene rings is 1. The first-order valence-corrected chi connectivity index (χ1v) is 9.52. The molecule has 0 aliphatic carbocycles. The number of methoxy groups -OCH3 is 1. The van der Waals surface area contributed by atoms with Gasteiger partial charge in [-0.2, -0.15) is 13.2 Å². The van der Waals surface area contributed by atoms with Gasteiger partial charge in [-0.25, -0.2) is 0 Å². The number of ether oxygens (including phenoxy) is 1. The van der Waals surface area contributed by atoms with Crippen molar-refractivity contribution < 1.29 is 32.6 Å². The Morgan fingerprint density at radius 3 is 2.39 bits per heavy atom. The first-order chi connectivity index (χ1) is 14.6. The van der Waals surface area contributed by atoms with Gasteiger partial charge < -0.3 is 14.7 Å². The number of aliphatic hydroxyl groups excluding tert-OH is 1. The Kier molecular flexibility index (Phi) is 6.45. The minimum absolute atomic E-state index is 0.132. The Balaban J connectivity index is 2.11. The predicted molar refractivity (Wildman–Crippen MR) is 106 cm³/mol. The number of halogens is 3. The number of aliphatic hydroxyl groups is 1. The maximum absolute atomic E-state index is 13.0. The number of pyridine rings is 1. The molecule has 1 aliphatic rings. The van der Waals surface area contributed by atoms with E-state index < -0.39 is 35.2 Å². The van der Waals surface area contributed by atoms with Gasteiger partial charge in [-0.05, 0) is 43.2 Å². The largest absolute Gasteiger partial charge is 0.507 e. The van der Waals surface area contributed by atoms with Crippen LogP contribution in [0.4, 0.5) is 13.2 Å². The molecule has 0 saturated carbocycles. The Labute approximate surface area is 177 Å². The van der Waals surface area contributed by atoms with Crippen molar-refractivity contribution in [2.24, 2.45) is 0 Å². The van der Waals surface area contributed by atoms with Gasteiger partial charge in [-0.1, -0.05) is 12.1 Å². The van der Waals surface area contributed by atoms with E-state index in [4.69, 9.17) is 4.74 Å². The molecule has 3 rings (SSSR count). The average molecular weight is 434 g/mol. The summed E-state index contributed by atoms with van der Waals surface area (Å²) < 4.78 is 43.9. The maximum atomic E-state index is 13.0. The summed E-state index contributed by atoms with van der Waals surface area (Å²) in [6, 6.07) is 6.36. The summed E-state index contributed by atoms with van der Waals surface area (Å²) in [5.41, 5.74) is 0.169. The zero-order chi connectivity index (χ0) is 22.8. The minimum Gasteiger partial charge on any atom is -0.507 e. The van der Waals surface area contributed by atoms with Gasteiger partial charge in [0.15, 0.2) is 0 Å². The molecule has 1 aromatic heterocycles. The fraction of sp³-hybridized carbons (Fsp3) is 0.318. The number of alkyl halides is 3. The summed E-state index contributed by atoms with van der Waals surface area (Å²) in [6.45, 7) is 2.21. The third-order valence-electron chi connectivity index (χ3n) is 5.03. The molecule has 1 unspecified atom stereocenters. The van der Waals surface area contributed by atoms with Crippen molar-refractivity contribution in [2.75, 3.05) is 20.3 Å². The number of rotatable bonds is 6. The van der Waals surface area contributed by atoms with E-state index in [9.17, 15) is 27.9 Å². The fourth-order valence-electron chi connectivity index (χ4n) is 3.45. The second-order valence-corrected chi connectivity index (χ2v) is 7.15. The zero-order valence-corrected chi connectivity index (χ0v) is 16.9. The molecule has 2 aromatic rings. The van der Waals surface area contributed by atoms with Gasteiger partial charge in [0.25, 0.3) is 11.7 Å². The molecule has 0 bridgehead atoms. The average Bonchev–Trinajstić information content (AvgIpc) is 2.98. The molecule has 1 atom stereocenters. The number of ketones is 1. The number of hydrogen-bond donors (Lipinski definition) is 1. The number of aromatic nitrogens is 1. The highest BCUT2D eigenvalue weighted by molar-refractivity contribution is 6.46. The first-order valence-electron chi connectivity index (χ1n) is 9.52. The lowest BCUT2D eigenvalue weighted by molar-refractivity contribution is -0.140. The van der Waals surface area contributed by atoms with Gasteiger partial charge in [0.05, 0.1) is 17.2 Å². The summed E-state index contributed by atoms with van der Waals surface area (Å²) in [4.78, 5) is 30.8. The van der Waals surface area contributed by atoms with Crippen molar-refractivity contribution in [3.63, 3.8) is 0 Å². The molecule has 2 heterocycles. The number of carbonyl (C=O) groups excluding carboxylic acids is 2. The molecule has 1 N–H and O–H groups in total. The number of amides is 1. The third kappa shape index (κ3) is 4.61. The molecule has 31 heavy (non-hydrogen) atoms. The molecular weight excluding hydrogens is 413 g/mol. The number of carbonyl (C=O) groups is 2. The number of aryl methyl sites for hydroxylation is 1. The van der Waals surface area contributed by atoms with E-state index in [1.807, 2.05) is 0 Å². The molecular formula is C22H21F3N2O4. The number of Topliss-reactive ketones (excluding diaryl/α,β-unsaturated/α-hetero) is 1. The molecule has 0 radical (unpaired) electrons. The second kappa shape index (κ2) is 8.89. The second-order valence-electron chi connectivity index (χ2n) is 7.15. The lowest BCUT2D eigenvalue weighted by Gasteiger charge is -2.25. The molecule has 164 valence electrons. The van der Waals surface area contributed by atoms with Crippen molar-refractivity contribution in [3.05, 3.63) is 70.6 Å². The lowest BCUT2D eigenvalue weighted by atomic mass is 9.95. The molecule has 1 aliphatic heterocycles. The SMILES string of the molecule is COCCCN1C(=O)C(=O)C(=C(O)c2ccc(C)nc2)C1c1ccc(C(F)(F)F)cc1. The predicted octanol–water partition coefficient (Wildman–Crippen LogP) is 3.87. The lowest BCUT2D eigenvalue weighted by Crippen LogP contribution is -2.31.